The Kier molecular flexibility index (Phi) is 4.24. The highest BCUT2D eigenvalue weighted by molar-refractivity contribution is 5.49. The van der Waals surface area contributed by atoms with Crippen LogP contribution < -0.4 is 10.2 Å². The van der Waals surface area contributed by atoms with E-state index in [1.807, 2.05) is 32.0 Å². The molecule has 0 amide bonds. The highest BCUT2D eigenvalue weighted by atomic mass is 16.3. The van der Waals surface area contributed by atoms with E-state index >= 15 is 0 Å². The van der Waals surface area contributed by atoms with E-state index < -0.39 is 5.60 Å². The van der Waals surface area contributed by atoms with Crippen molar-refractivity contribution in [1.82, 2.24) is 9.97 Å². The standard InChI is InChI=1S/C14H24N4O/c1-4-11-16-12(15-2)9-13(17-11)18(3)10-14(19)7-5-6-8-14/h9,19H,4-8,10H2,1-3H3,(H,15,16,17). The van der Waals surface area contributed by atoms with Crippen LogP contribution in [0.4, 0.5) is 11.6 Å². The van der Waals surface area contributed by atoms with E-state index in [0.29, 0.717) is 6.54 Å². The number of hydrogen-bond acceptors (Lipinski definition) is 5. The van der Waals surface area contributed by atoms with Crippen molar-refractivity contribution >= 4 is 11.6 Å². The molecule has 19 heavy (non-hydrogen) atoms. The van der Waals surface area contributed by atoms with Gasteiger partial charge in [-0.05, 0) is 12.8 Å². The first-order valence-corrected chi connectivity index (χ1v) is 7.05. The average Bonchev–Trinajstić information content (AvgIpc) is 2.84. The third-order valence-electron chi connectivity index (χ3n) is 3.79. The zero-order valence-corrected chi connectivity index (χ0v) is 12.1. The Morgan fingerprint density at radius 1 is 1.37 bits per heavy atom. The topological polar surface area (TPSA) is 61.3 Å². The molecule has 1 aliphatic carbocycles. The number of nitrogens with zero attached hydrogens (tertiary/aromatic N) is 3. The summed E-state index contributed by atoms with van der Waals surface area (Å²) in [4.78, 5) is 11.0. The number of anilines is 2. The van der Waals surface area contributed by atoms with Gasteiger partial charge in [-0.2, -0.15) is 0 Å². The second-order valence-corrected chi connectivity index (χ2v) is 5.42. The number of aliphatic hydroxyl groups is 1. The lowest BCUT2D eigenvalue weighted by molar-refractivity contribution is 0.0558. The van der Waals surface area contributed by atoms with Crippen molar-refractivity contribution in [2.75, 3.05) is 30.9 Å². The van der Waals surface area contributed by atoms with Crippen molar-refractivity contribution in [2.45, 2.75) is 44.6 Å². The van der Waals surface area contributed by atoms with Crippen molar-refractivity contribution in [2.24, 2.45) is 0 Å². The fourth-order valence-corrected chi connectivity index (χ4v) is 2.68. The molecule has 0 saturated heterocycles. The Bertz CT molecular complexity index is 407. The molecule has 0 unspecified atom stereocenters. The van der Waals surface area contributed by atoms with Gasteiger partial charge in [0.25, 0.3) is 0 Å². The zero-order chi connectivity index (χ0) is 13.9. The molecular formula is C14H24N4O. The molecule has 0 aliphatic heterocycles. The smallest absolute Gasteiger partial charge is 0.134 e. The van der Waals surface area contributed by atoms with E-state index in [0.717, 1.165) is 49.6 Å². The SMILES string of the molecule is CCc1nc(NC)cc(N(C)CC2(O)CCCC2)n1. The van der Waals surface area contributed by atoms with Crippen molar-refractivity contribution in [3.8, 4) is 0 Å². The van der Waals surface area contributed by atoms with Crippen molar-refractivity contribution in [3.05, 3.63) is 11.9 Å². The summed E-state index contributed by atoms with van der Waals surface area (Å²) in [6.45, 7) is 2.68. The second-order valence-electron chi connectivity index (χ2n) is 5.42. The molecule has 0 radical (unpaired) electrons. The molecule has 5 heteroatoms. The van der Waals surface area contributed by atoms with Gasteiger partial charge in [0.2, 0.25) is 0 Å². The van der Waals surface area contributed by atoms with Gasteiger partial charge in [-0.1, -0.05) is 19.8 Å². The second kappa shape index (κ2) is 5.74. The molecule has 106 valence electrons. The summed E-state index contributed by atoms with van der Waals surface area (Å²) in [6, 6.07) is 1.93. The Labute approximate surface area is 115 Å². The quantitative estimate of drug-likeness (QED) is 0.849. The van der Waals surface area contributed by atoms with Gasteiger partial charge in [0.05, 0.1) is 5.60 Å². The van der Waals surface area contributed by atoms with Crippen LogP contribution in [0.5, 0.6) is 0 Å². The molecule has 1 aromatic rings. The summed E-state index contributed by atoms with van der Waals surface area (Å²) >= 11 is 0. The molecular weight excluding hydrogens is 240 g/mol. The number of likely N-dealkylation sites (N-methyl/N-ethyl adjacent to an activating group) is 1. The summed E-state index contributed by atoms with van der Waals surface area (Å²) in [7, 11) is 3.84. The van der Waals surface area contributed by atoms with Gasteiger partial charge < -0.3 is 15.3 Å². The number of rotatable bonds is 5. The summed E-state index contributed by atoms with van der Waals surface area (Å²) < 4.78 is 0. The first-order chi connectivity index (χ1) is 9.06. The van der Waals surface area contributed by atoms with Gasteiger partial charge in [0.15, 0.2) is 0 Å². The summed E-state index contributed by atoms with van der Waals surface area (Å²) in [5, 5.41) is 13.5. The molecule has 2 rings (SSSR count). The molecule has 0 bridgehead atoms. The van der Waals surface area contributed by atoms with E-state index in [9.17, 15) is 5.11 Å². The summed E-state index contributed by atoms with van der Waals surface area (Å²) in [5.41, 5.74) is -0.550. The molecule has 1 fully saturated rings. The fourth-order valence-electron chi connectivity index (χ4n) is 2.68. The Hall–Kier alpha value is -1.36. The lowest BCUT2D eigenvalue weighted by Gasteiger charge is -2.29. The number of hydrogen-bond donors (Lipinski definition) is 2. The van der Waals surface area contributed by atoms with Gasteiger partial charge in [-0.3, -0.25) is 0 Å². The normalized spacial score (nSPS) is 17.5. The first kappa shape index (κ1) is 14.1. The summed E-state index contributed by atoms with van der Waals surface area (Å²) in [5.74, 6) is 2.52. The highest BCUT2D eigenvalue weighted by Gasteiger charge is 2.32. The maximum absolute atomic E-state index is 10.5. The maximum Gasteiger partial charge on any atom is 0.134 e. The van der Waals surface area contributed by atoms with E-state index in [1.165, 1.54) is 0 Å². The first-order valence-electron chi connectivity index (χ1n) is 7.05. The average molecular weight is 264 g/mol. The van der Waals surface area contributed by atoms with E-state index in [-0.39, 0.29) is 0 Å². The predicted octanol–water partition coefficient (Wildman–Crippen LogP) is 1.82. The summed E-state index contributed by atoms with van der Waals surface area (Å²) in [6.07, 6.45) is 4.83. The minimum atomic E-state index is -0.550. The van der Waals surface area contributed by atoms with Crippen LogP contribution in [0.2, 0.25) is 0 Å². The Balaban J connectivity index is 2.15. The molecule has 0 spiro atoms. The predicted molar refractivity (Wildman–Crippen MR) is 77.6 cm³/mol. The monoisotopic (exact) mass is 264 g/mol. The third-order valence-corrected chi connectivity index (χ3v) is 3.79. The largest absolute Gasteiger partial charge is 0.388 e. The van der Waals surface area contributed by atoms with Crippen molar-refractivity contribution < 1.29 is 5.11 Å². The molecule has 0 atom stereocenters. The van der Waals surface area contributed by atoms with Crippen LogP contribution in [-0.2, 0) is 6.42 Å². The van der Waals surface area contributed by atoms with Gasteiger partial charge >= 0.3 is 0 Å². The zero-order valence-electron chi connectivity index (χ0n) is 12.1. The van der Waals surface area contributed by atoms with Crippen LogP contribution in [0.25, 0.3) is 0 Å². The fraction of sp³-hybridized carbons (Fsp3) is 0.714. The van der Waals surface area contributed by atoms with Crippen LogP contribution in [-0.4, -0.2) is 41.3 Å². The lowest BCUT2D eigenvalue weighted by Crippen LogP contribution is -2.39. The van der Waals surface area contributed by atoms with Gasteiger partial charge in [0.1, 0.15) is 17.5 Å². The minimum absolute atomic E-state index is 0.550. The van der Waals surface area contributed by atoms with Gasteiger partial charge in [-0.15, -0.1) is 0 Å². The third kappa shape index (κ3) is 3.35. The molecule has 5 nitrogen and oxygen atoms in total. The Morgan fingerprint density at radius 3 is 2.63 bits per heavy atom. The number of nitrogens with one attached hydrogen (secondary N) is 1. The molecule has 2 N–H and O–H groups in total. The van der Waals surface area contributed by atoms with Crippen LogP contribution in [0, 0.1) is 0 Å². The lowest BCUT2D eigenvalue weighted by atomic mass is 10.0. The van der Waals surface area contributed by atoms with Crippen molar-refractivity contribution in [1.29, 1.82) is 0 Å². The minimum Gasteiger partial charge on any atom is -0.388 e. The van der Waals surface area contributed by atoms with Crippen LogP contribution in [0.15, 0.2) is 6.07 Å². The van der Waals surface area contributed by atoms with Crippen LogP contribution in [0.1, 0.15) is 38.4 Å². The molecule has 1 heterocycles. The maximum atomic E-state index is 10.5. The van der Waals surface area contributed by atoms with Crippen LogP contribution >= 0.6 is 0 Å². The van der Waals surface area contributed by atoms with Crippen molar-refractivity contribution in [3.63, 3.8) is 0 Å². The molecule has 1 saturated carbocycles. The van der Waals surface area contributed by atoms with Crippen LogP contribution in [0.3, 0.4) is 0 Å². The number of aryl methyl sites for hydroxylation is 1. The highest BCUT2D eigenvalue weighted by Crippen LogP contribution is 2.31. The van der Waals surface area contributed by atoms with E-state index in [2.05, 4.69) is 15.3 Å². The molecule has 1 aromatic heterocycles. The van der Waals surface area contributed by atoms with Gasteiger partial charge in [0, 0.05) is 33.1 Å². The molecule has 0 aromatic carbocycles. The Morgan fingerprint density at radius 2 is 2.05 bits per heavy atom. The molecule has 1 aliphatic rings. The van der Waals surface area contributed by atoms with Gasteiger partial charge in [-0.25, -0.2) is 9.97 Å². The van der Waals surface area contributed by atoms with E-state index in [1.54, 1.807) is 0 Å². The number of aromatic nitrogens is 2. The van der Waals surface area contributed by atoms with E-state index in [4.69, 9.17) is 0 Å².